The molecule has 0 aromatic heterocycles. The van der Waals surface area contributed by atoms with Gasteiger partial charge in [0, 0.05) is 20.2 Å². The van der Waals surface area contributed by atoms with E-state index in [2.05, 4.69) is 10.1 Å². The zero-order valence-corrected chi connectivity index (χ0v) is 6.13. The molecular weight excluding hydrogens is 145 g/mol. The average molecular weight is 156 g/mol. The average Bonchev–Trinajstić information content (AvgIpc) is 1.64. The highest BCUT2D eigenvalue weighted by Gasteiger charge is 2.36. The molecule has 0 saturated carbocycles. The fourth-order valence-electron chi connectivity index (χ4n) is 0.757. The lowest BCUT2D eigenvalue weighted by atomic mass is 10.0. The largest absolute Gasteiger partial charge is 0.381 e. The van der Waals surface area contributed by atoms with E-state index in [9.17, 15) is 4.39 Å². The van der Waals surface area contributed by atoms with Crippen LogP contribution >= 0.6 is 12.4 Å². The van der Waals surface area contributed by atoms with Crippen molar-refractivity contribution in [3.63, 3.8) is 0 Å². The summed E-state index contributed by atoms with van der Waals surface area (Å²) in [6.07, 6.45) is 0. The minimum atomic E-state index is -1.06. The molecule has 1 aliphatic heterocycles. The Morgan fingerprint density at radius 2 is 2.22 bits per heavy atom. The topological polar surface area (TPSA) is 21.3 Å². The number of halogens is 2. The third kappa shape index (κ3) is 2.08. The zero-order chi connectivity index (χ0) is 6.04. The summed E-state index contributed by atoms with van der Waals surface area (Å²) >= 11 is 0. The summed E-state index contributed by atoms with van der Waals surface area (Å²) in [6, 6.07) is 0. The van der Waals surface area contributed by atoms with Gasteiger partial charge in [-0.2, -0.15) is 0 Å². The van der Waals surface area contributed by atoms with E-state index in [1.165, 1.54) is 7.11 Å². The van der Waals surface area contributed by atoms with E-state index in [-0.39, 0.29) is 19.0 Å². The molecule has 4 heteroatoms. The van der Waals surface area contributed by atoms with Crippen LogP contribution in [-0.2, 0) is 4.74 Å². The molecule has 0 aliphatic carbocycles. The number of rotatable bonds is 2. The normalized spacial score (nSPS) is 22.0. The number of hydrogen-bond donors (Lipinski definition) is 1. The lowest BCUT2D eigenvalue weighted by Crippen LogP contribution is -2.58. The first kappa shape index (κ1) is 9.14. The van der Waals surface area contributed by atoms with Gasteiger partial charge in [0.25, 0.3) is 0 Å². The monoisotopic (exact) mass is 155 g/mol. The number of ether oxygens (including phenoxy) is 1. The van der Waals surface area contributed by atoms with Crippen LogP contribution in [0.1, 0.15) is 0 Å². The SMILES string of the molecule is COCC1(F)CNC1.Cl. The van der Waals surface area contributed by atoms with Crippen LogP contribution in [0, 0.1) is 0 Å². The van der Waals surface area contributed by atoms with Gasteiger partial charge in [-0.1, -0.05) is 0 Å². The maximum Gasteiger partial charge on any atom is 0.158 e. The summed E-state index contributed by atoms with van der Waals surface area (Å²) in [6.45, 7) is 1.11. The summed E-state index contributed by atoms with van der Waals surface area (Å²) < 4.78 is 17.4. The standard InChI is InChI=1S/C5H10FNO.ClH/c1-8-4-5(6)2-7-3-5;/h7H,2-4H2,1H3;1H. The Kier molecular flexibility index (Phi) is 3.40. The summed E-state index contributed by atoms with van der Waals surface area (Å²) in [7, 11) is 1.51. The van der Waals surface area contributed by atoms with Crippen molar-refractivity contribution < 1.29 is 9.13 Å². The van der Waals surface area contributed by atoms with E-state index >= 15 is 0 Å². The van der Waals surface area contributed by atoms with E-state index in [0.29, 0.717) is 13.1 Å². The van der Waals surface area contributed by atoms with Gasteiger partial charge in [-0.15, -0.1) is 12.4 Å². The van der Waals surface area contributed by atoms with Crippen LogP contribution < -0.4 is 5.32 Å². The molecule has 0 bridgehead atoms. The van der Waals surface area contributed by atoms with Crippen LogP contribution in [0.5, 0.6) is 0 Å². The summed E-state index contributed by atoms with van der Waals surface area (Å²) in [5.41, 5.74) is -1.06. The molecule has 0 atom stereocenters. The van der Waals surface area contributed by atoms with Gasteiger partial charge < -0.3 is 10.1 Å². The predicted molar refractivity (Wildman–Crippen MR) is 35.8 cm³/mol. The molecule has 0 amide bonds. The minimum absolute atomic E-state index is 0. The lowest BCUT2D eigenvalue weighted by Gasteiger charge is -2.33. The molecular formula is C5H11ClFNO. The maximum atomic E-state index is 12.7. The molecule has 1 N–H and O–H groups in total. The Labute approximate surface area is 60.2 Å². The van der Waals surface area contributed by atoms with Crippen LogP contribution in [0.25, 0.3) is 0 Å². The molecule has 1 rings (SSSR count). The van der Waals surface area contributed by atoms with Crippen molar-refractivity contribution in [2.24, 2.45) is 0 Å². The van der Waals surface area contributed by atoms with Crippen molar-refractivity contribution in [1.29, 1.82) is 0 Å². The Morgan fingerprint density at radius 3 is 2.33 bits per heavy atom. The van der Waals surface area contributed by atoms with Crippen LogP contribution in [0.15, 0.2) is 0 Å². The van der Waals surface area contributed by atoms with Gasteiger partial charge in [-0.3, -0.25) is 0 Å². The molecule has 2 nitrogen and oxygen atoms in total. The molecule has 1 heterocycles. The number of nitrogens with one attached hydrogen (secondary N) is 1. The Bertz CT molecular complexity index is 87.0. The smallest absolute Gasteiger partial charge is 0.158 e. The van der Waals surface area contributed by atoms with E-state index in [0.717, 1.165) is 0 Å². The quantitative estimate of drug-likeness (QED) is 0.622. The van der Waals surface area contributed by atoms with Gasteiger partial charge in [0.05, 0.1) is 6.61 Å². The van der Waals surface area contributed by atoms with Gasteiger partial charge >= 0.3 is 0 Å². The van der Waals surface area contributed by atoms with Gasteiger partial charge in [0.15, 0.2) is 5.67 Å². The molecule has 0 spiro atoms. The van der Waals surface area contributed by atoms with Crippen LogP contribution in [0.2, 0.25) is 0 Å². The third-order valence-electron chi connectivity index (χ3n) is 1.29. The Hall–Kier alpha value is 0.140. The summed E-state index contributed by atoms with van der Waals surface area (Å²) in [4.78, 5) is 0. The molecule has 1 saturated heterocycles. The number of hydrogen-bond acceptors (Lipinski definition) is 2. The van der Waals surface area contributed by atoms with Gasteiger partial charge in [0.2, 0.25) is 0 Å². The maximum absolute atomic E-state index is 12.7. The second-order valence-corrected chi connectivity index (χ2v) is 2.19. The molecule has 0 aromatic carbocycles. The van der Waals surface area contributed by atoms with E-state index in [4.69, 9.17) is 0 Å². The van der Waals surface area contributed by atoms with Gasteiger partial charge in [-0.05, 0) is 0 Å². The molecule has 0 aromatic rings. The fourth-order valence-corrected chi connectivity index (χ4v) is 0.757. The van der Waals surface area contributed by atoms with Crippen molar-refractivity contribution in [1.82, 2.24) is 5.32 Å². The molecule has 0 radical (unpaired) electrons. The molecule has 9 heavy (non-hydrogen) atoms. The van der Waals surface area contributed by atoms with E-state index < -0.39 is 5.67 Å². The molecule has 56 valence electrons. The number of alkyl halides is 1. The van der Waals surface area contributed by atoms with Crippen LogP contribution in [-0.4, -0.2) is 32.5 Å². The Balaban J connectivity index is 0.000000640. The third-order valence-corrected chi connectivity index (χ3v) is 1.29. The number of methoxy groups -OCH3 is 1. The van der Waals surface area contributed by atoms with Crippen molar-refractivity contribution in [2.75, 3.05) is 26.8 Å². The second-order valence-electron chi connectivity index (χ2n) is 2.19. The predicted octanol–water partition coefficient (Wildman–Crippen LogP) is 0.366. The second kappa shape index (κ2) is 3.34. The summed E-state index contributed by atoms with van der Waals surface area (Å²) in [5, 5.41) is 2.83. The van der Waals surface area contributed by atoms with Crippen molar-refractivity contribution >= 4 is 12.4 Å². The van der Waals surface area contributed by atoms with Crippen molar-refractivity contribution in [2.45, 2.75) is 5.67 Å². The van der Waals surface area contributed by atoms with Crippen molar-refractivity contribution in [3.8, 4) is 0 Å². The fraction of sp³-hybridized carbons (Fsp3) is 1.00. The van der Waals surface area contributed by atoms with Crippen molar-refractivity contribution in [3.05, 3.63) is 0 Å². The molecule has 1 fully saturated rings. The zero-order valence-electron chi connectivity index (χ0n) is 5.32. The first-order valence-corrected chi connectivity index (χ1v) is 2.65. The minimum Gasteiger partial charge on any atom is -0.381 e. The first-order chi connectivity index (χ1) is 3.77. The van der Waals surface area contributed by atoms with Crippen LogP contribution in [0.3, 0.4) is 0 Å². The first-order valence-electron chi connectivity index (χ1n) is 2.65. The van der Waals surface area contributed by atoms with E-state index in [1.807, 2.05) is 0 Å². The van der Waals surface area contributed by atoms with Gasteiger partial charge in [0.1, 0.15) is 0 Å². The summed E-state index contributed by atoms with van der Waals surface area (Å²) in [5.74, 6) is 0. The Morgan fingerprint density at radius 1 is 1.67 bits per heavy atom. The highest BCUT2D eigenvalue weighted by molar-refractivity contribution is 5.85. The van der Waals surface area contributed by atoms with Gasteiger partial charge in [-0.25, -0.2) is 4.39 Å². The van der Waals surface area contributed by atoms with Crippen LogP contribution in [0.4, 0.5) is 4.39 Å². The highest BCUT2D eigenvalue weighted by Crippen LogP contribution is 2.15. The lowest BCUT2D eigenvalue weighted by molar-refractivity contribution is 0.00243. The molecule has 0 unspecified atom stereocenters. The van der Waals surface area contributed by atoms with E-state index in [1.54, 1.807) is 0 Å². The molecule has 1 aliphatic rings. The highest BCUT2D eigenvalue weighted by atomic mass is 35.5.